The first-order valence-electron chi connectivity index (χ1n) is 5.79. The first-order valence-corrected chi connectivity index (χ1v) is 5.79. The van der Waals surface area contributed by atoms with Crippen molar-refractivity contribution in [2.24, 2.45) is 0 Å². The fourth-order valence-corrected chi connectivity index (χ4v) is 2.11. The zero-order valence-electron chi connectivity index (χ0n) is 10.0. The van der Waals surface area contributed by atoms with E-state index in [1.54, 1.807) is 13.1 Å². The number of imidazole rings is 1. The molecule has 0 saturated carbocycles. The number of halogens is 1. The zero-order valence-corrected chi connectivity index (χ0v) is 10.0. The lowest BCUT2D eigenvalue weighted by atomic mass is 10.0. The van der Waals surface area contributed by atoms with Gasteiger partial charge in [-0.25, -0.2) is 9.97 Å². The van der Waals surface area contributed by atoms with E-state index < -0.39 is 5.95 Å². The second-order valence-electron chi connectivity index (χ2n) is 4.45. The lowest BCUT2D eigenvalue weighted by molar-refractivity contribution is 0.592. The van der Waals surface area contributed by atoms with E-state index in [1.165, 1.54) is 0 Å². The molecule has 18 heavy (non-hydrogen) atoms. The van der Waals surface area contributed by atoms with E-state index in [2.05, 4.69) is 26.8 Å². The number of allylic oxidation sites excluding steroid dienone is 1. The van der Waals surface area contributed by atoms with Crippen LogP contribution in [0.3, 0.4) is 0 Å². The molecule has 2 aromatic heterocycles. The van der Waals surface area contributed by atoms with Crippen molar-refractivity contribution < 1.29 is 4.39 Å². The van der Waals surface area contributed by atoms with Crippen molar-refractivity contribution in [1.29, 1.82) is 0 Å². The quantitative estimate of drug-likeness (QED) is 0.811. The van der Waals surface area contributed by atoms with E-state index in [9.17, 15) is 4.39 Å². The van der Waals surface area contributed by atoms with E-state index in [0.717, 1.165) is 29.9 Å². The Morgan fingerprint density at radius 2 is 2.22 bits per heavy atom. The molecule has 0 aromatic carbocycles. The Hall–Kier alpha value is -2.17. The van der Waals surface area contributed by atoms with Gasteiger partial charge in [0.25, 0.3) is 0 Å². The molecular formula is C13H13FN4. The summed E-state index contributed by atoms with van der Waals surface area (Å²) in [7, 11) is 0. The van der Waals surface area contributed by atoms with Crippen molar-refractivity contribution in [3.8, 4) is 11.3 Å². The van der Waals surface area contributed by atoms with Crippen LogP contribution in [0.4, 0.5) is 10.2 Å². The fraction of sp³-hybridized carbons (Fsp3) is 0.231. The third-order valence-corrected chi connectivity index (χ3v) is 3.01. The summed E-state index contributed by atoms with van der Waals surface area (Å²) in [6.45, 7) is 5.61. The van der Waals surface area contributed by atoms with Gasteiger partial charge in [0.2, 0.25) is 5.95 Å². The van der Waals surface area contributed by atoms with E-state index in [0.29, 0.717) is 17.1 Å². The molecule has 1 aliphatic rings. The Bertz CT molecular complexity index is 630. The van der Waals surface area contributed by atoms with Crippen LogP contribution in [0.15, 0.2) is 24.5 Å². The van der Waals surface area contributed by atoms with Gasteiger partial charge in [-0.15, -0.1) is 0 Å². The Labute approximate surface area is 104 Å². The molecule has 0 amide bonds. The topological polar surface area (TPSA) is 53.6 Å². The van der Waals surface area contributed by atoms with Gasteiger partial charge in [0.05, 0.1) is 0 Å². The molecule has 0 radical (unpaired) electrons. The van der Waals surface area contributed by atoms with Crippen molar-refractivity contribution in [2.75, 3.05) is 5.32 Å². The number of anilines is 1. The number of hydrogen-bond donors (Lipinski definition) is 2. The van der Waals surface area contributed by atoms with Crippen LogP contribution in [0, 0.1) is 12.9 Å². The molecule has 3 rings (SSSR count). The van der Waals surface area contributed by atoms with Gasteiger partial charge in [0.15, 0.2) is 0 Å². The van der Waals surface area contributed by atoms with E-state index in [1.807, 2.05) is 6.07 Å². The van der Waals surface area contributed by atoms with Crippen LogP contribution < -0.4 is 5.32 Å². The minimum atomic E-state index is -0.414. The highest BCUT2D eigenvalue weighted by atomic mass is 19.1. The summed E-state index contributed by atoms with van der Waals surface area (Å²) in [6, 6.07) is 1.93. The molecule has 0 saturated heterocycles. The predicted molar refractivity (Wildman–Crippen MR) is 67.6 cm³/mol. The Kier molecular flexibility index (Phi) is 2.40. The molecule has 5 heteroatoms. The first kappa shape index (κ1) is 11.0. The van der Waals surface area contributed by atoms with Gasteiger partial charge >= 0.3 is 0 Å². The van der Waals surface area contributed by atoms with Crippen molar-refractivity contribution >= 4 is 5.82 Å². The van der Waals surface area contributed by atoms with Gasteiger partial charge in [-0.2, -0.15) is 4.39 Å². The van der Waals surface area contributed by atoms with Gasteiger partial charge in [-0.1, -0.05) is 6.58 Å². The molecule has 2 aromatic rings. The number of hydrogen-bond acceptors (Lipinski definition) is 3. The van der Waals surface area contributed by atoms with Gasteiger partial charge in [0, 0.05) is 17.5 Å². The standard InChI is InChI=1S/C13H13FN4/c1-7-3-4-9-5-10(6-15-13(9)16-7)11-12(14)18-8(2)17-11/h5-6H,1,3-4H2,2H3,(H,15,16)(H,17,18). The number of pyridine rings is 1. The Balaban J connectivity index is 2.05. The number of aromatic nitrogens is 3. The second kappa shape index (κ2) is 3.94. The van der Waals surface area contributed by atoms with Crippen molar-refractivity contribution in [3.63, 3.8) is 0 Å². The molecule has 0 spiro atoms. The largest absolute Gasteiger partial charge is 0.344 e. The van der Waals surface area contributed by atoms with Crippen LogP contribution >= 0.6 is 0 Å². The number of nitrogens with zero attached hydrogens (tertiary/aromatic N) is 2. The van der Waals surface area contributed by atoms with Gasteiger partial charge in [0.1, 0.15) is 17.3 Å². The van der Waals surface area contributed by atoms with E-state index in [4.69, 9.17) is 0 Å². The molecule has 0 bridgehead atoms. The van der Waals surface area contributed by atoms with Crippen LogP contribution in [0.25, 0.3) is 11.3 Å². The molecule has 2 N–H and O–H groups in total. The normalized spacial score (nSPS) is 14.2. The van der Waals surface area contributed by atoms with Gasteiger partial charge in [-0.3, -0.25) is 0 Å². The van der Waals surface area contributed by atoms with E-state index >= 15 is 0 Å². The summed E-state index contributed by atoms with van der Waals surface area (Å²) >= 11 is 0. The molecule has 92 valence electrons. The minimum Gasteiger partial charge on any atom is -0.344 e. The smallest absolute Gasteiger partial charge is 0.219 e. The third-order valence-electron chi connectivity index (χ3n) is 3.01. The summed E-state index contributed by atoms with van der Waals surface area (Å²) < 4.78 is 13.6. The number of aryl methyl sites for hydroxylation is 2. The van der Waals surface area contributed by atoms with Gasteiger partial charge < -0.3 is 10.3 Å². The monoisotopic (exact) mass is 244 g/mol. The van der Waals surface area contributed by atoms with Crippen molar-refractivity contribution in [2.45, 2.75) is 19.8 Å². The number of fused-ring (bicyclic) bond motifs is 1. The number of nitrogens with one attached hydrogen (secondary N) is 2. The first-order chi connectivity index (χ1) is 8.63. The molecule has 1 aliphatic heterocycles. The molecule has 3 heterocycles. The fourth-order valence-electron chi connectivity index (χ4n) is 2.11. The molecular weight excluding hydrogens is 231 g/mol. The molecule has 0 unspecified atom stereocenters. The second-order valence-corrected chi connectivity index (χ2v) is 4.45. The number of H-pyrrole nitrogens is 1. The lowest BCUT2D eigenvalue weighted by Gasteiger charge is -2.19. The van der Waals surface area contributed by atoms with Gasteiger partial charge in [-0.05, 0) is 31.4 Å². The SMILES string of the molecule is C=C1CCc2cc(-c3nc(C)[nH]c3F)cnc2N1. The lowest BCUT2D eigenvalue weighted by Crippen LogP contribution is -2.10. The van der Waals surface area contributed by atoms with Crippen LogP contribution in [0.1, 0.15) is 17.8 Å². The van der Waals surface area contributed by atoms with Crippen LogP contribution in [0.5, 0.6) is 0 Å². The maximum absolute atomic E-state index is 13.6. The van der Waals surface area contributed by atoms with Crippen LogP contribution in [0.2, 0.25) is 0 Å². The van der Waals surface area contributed by atoms with E-state index in [-0.39, 0.29) is 0 Å². The van der Waals surface area contributed by atoms with Crippen molar-refractivity contribution in [3.05, 3.63) is 41.9 Å². The maximum Gasteiger partial charge on any atom is 0.219 e. The van der Waals surface area contributed by atoms with Crippen LogP contribution in [-0.4, -0.2) is 15.0 Å². The zero-order chi connectivity index (χ0) is 12.7. The summed E-state index contributed by atoms with van der Waals surface area (Å²) in [5, 5.41) is 3.13. The molecule has 4 nitrogen and oxygen atoms in total. The van der Waals surface area contributed by atoms with Crippen molar-refractivity contribution in [1.82, 2.24) is 15.0 Å². The summed E-state index contributed by atoms with van der Waals surface area (Å²) in [5.74, 6) is 0.955. The third kappa shape index (κ3) is 1.77. The Morgan fingerprint density at radius 3 is 2.94 bits per heavy atom. The predicted octanol–water partition coefficient (Wildman–Crippen LogP) is 2.79. The number of rotatable bonds is 1. The molecule has 0 atom stereocenters. The minimum absolute atomic E-state index is 0.326. The molecule has 0 fully saturated rings. The summed E-state index contributed by atoms with van der Waals surface area (Å²) in [6.07, 6.45) is 3.37. The Morgan fingerprint density at radius 1 is 1.39 bits per heavy atom. The van der Waals surface area contributed by atoms with Crippen LogP contribution in [-0.2, 0) is 6.42 Å². The molecule has 0 aliphatic carbocycles. The highest BCUT2D eigenvalue weighted by Gasteiger charge is 2.16. The summed E-state index contributed by atoms with van der Waals surface area (Å²) in [5.41, 5.74) is 3.06. The highest BCUT2D eigenvalue weighted by Crippen LogP contribution is 2.28. The average Bonchev–Trinajstić information content (AvgIpc) is 2.68. The average molecular weight is 244 g/mol. The summed E-state index contributed by atoms with van der Waals surface area (Å²) in [4.78, 5) is 11.0. The highest BCUT2D eigenvalue weighted by molar-refractivity contribution is 5.64. The number of aromatic amines is 1. The maximum atomic E-state index is 13.6.